The maximum Gasteiger partial charge on any atom is 0.472 e. The van der Waals surface area contributed by atoms with Crippen molar-refractivity contribution in [2.75, 3.05) is 19.8 Å². The van der Waals surface area contributed by atoms with E-state index in [4.69, 9.17) is 24.8 Å². The van der Waals surface area contributed by atoms with Gasteiger partial charge in [-0.2, -0.15) is 0 Å². The van der Waals surface area contributed by atoms with E-state index < -0.39 is 51.1 Å². The average molecular weight is 736 g/mol. The number of carbonyl (C=O) groups excluding carboxylic acids is 2. The summed E-state index contributed by atoms with van der Waals surface area (Å²) in [6, 6.07) is -1.51. The van der Waals surface area contributed by atoms with E-state index in [9.17, 15) is 23.8 Å². The number of rotatable bonds is 38. The molecule has 2 unspecified atom stereocenters. The van der Waals surface area contributed by atoms with Gasteiger partial charge in [0.25, 0.3) is 0 Å². The van der Waals surface area contributed by atoms with Crippen molar-refractivity contribution >= 4 is 25.7 Å². The second-order valence-corrected chi connectivity index (χ2v) is 15.2. The number of esters is 2. The molecule has 50 heavy (non-hydrogen) atoms. The smallest absolute Gasteiger partial charge is 0.472 e. The Kier molecular flexibility index (Phi) is 33.5. The summed E-state index contributed by atoms with van der Waals surface area (Å²) in [5.74, 6) is -2.36. The molecule has 296 valence electrons. The molecule has 0 aromatic heterocycles. The van der Waals surface area contributed by atoms with Gasteiger partial charge in [0.15, 0.2) is 6.10 Å². The zero-order valence-corrected chi connectivity index (χ0v) is 32.7. The molecule has 0 heterocycles. The zero-order valence-electron chi connectivity index (χ0n) is 31.8. The highest BCUT2D eigenvalue weighted by atomic mass is 31.2. The van der Waals surface area contributed by atoms with Crippen LogP contribution < -0.4 is 5.73 Å². The molecular weight excluding hydrogens is 661 g/mol. The van der Waals surface area contributed by atoms with Crippen LogP contribution in [0.2, 0.25) is 0 Å². The molecule has 0 amide bonds. The quantitative estimate of drug-likeness (QED) is 0.0313. The van der Waals surface area contributed by atoms with Gasteiger partial charge in [-0.15, -0.1) is 0 Å². The Bertz CT molecular complexity index is 875. The summed E-state index contributed by atoms with van der Waals surface area (Å²) in [4.78, 5) is 45.8. The molecule has 12 heteroatoms. The highest BCUT2D eigenvalue weighted by molar-refractivity contribution is 7.47. The number of carboxylic acid groups (broad SMARTS) is 1. The van der Waals surface area contributed by atoms with Crippen molar-refractivity contribution in [3.05, 3.63) is 0 Å². The highest BCUT2D eigenvalue weighted by Gasteiger charge is 2.28. The Morgan fingerprint density at radius 2 is 0.880 bits per heavy atom. The topological polar surface area (TPSA) is 172 Å². The largest absolute Gasteiger partial charge is 0.480 e. The van der Waals surface area contributed by atoms with Crippen molar-refractivity contribution in [3.8, 4) is 0 Å². The predicted molar refractivity (Wildman–Crippen MR) is 199 cm³/mol. The van der Waals surface area contributed by atoms with E-state index in [1.165, 1.54) is 116 Å². The summed E-state index contributed by atoms with van der Waals surface area (Å²) in [6.07, 6.45) is 30.2. The van der Waals surface area contributed by atoms with Crippen molar-refractivity contribution < 1.29 is 47.5 Å². The van der Waals surface area contributed by atoms with Gasteiger partial charge in [-0.1, -0.05) is 168 Å². The van der Waals surface area contributed by atoms with Gasteiger partial charge < -0.3 is 25.2 Å². The van der Waals surface area contributed by atoms with Crippen LogP contribution in [0.5, 0.6) is 0 Å². The lowest BCUT2D eigenvalue weighted by molar-refractivity contribution is -0.161. The standard InChI is InChI=1S/C38H74NO10P/c1-3-5-7-9-11-13-15-17-19-21-23-25-27-29-36(40)46-31-34(32-47-50(44,45)48-33-35(39)38(42)43)49-37(41)30-28-26-24-22-20-18-16-14-12-10-8-6-4-2/h34-35H,3-33,39H2,1-2H3,(H,42,43)(H,44,45)/t34?,35-/m1/s1. The van der Waals surface area contributed by atoms with E-state index >= 15 is 0 Å². The molecule has 0 aromatic rings. The van der Waals surface area contributed by atoms with E-state index in [2.05, 4.69) is 18.4 Å². The molecule has 0 aliphatic heterocycles. The van der Waals surface area contributed by atoms with Crippen LogP contribution >= 0.6 is 7.82 Å². The molecule has 0 aliphatic rings. The van der Waals surface area contributed by atoms with Gasteiger partial charge in [-0.25, -0.2) is 4.57 Å². The van der Waals surface area contributed by atoms with Crippen molar-refractivity contribution in [3.63, 3.8) is 0 Å². The Morgan fingerprint density at radius 1 is 0.540 bits per heavy atom. The number of ether oxygens (including phenoxy) is 2. The molecular formula is C38H74NO10P. The van der Waals surface area contributed by atoms with Crippen LogP contribution in [-0.2, 0) is 37.5 Å². The molecule has 0 fully saturated rings. The maximum atomic E-state index is 12.6. The summed E-state index contributed by atoms with van der Waals surface area (Å²) < 4.78 is 32.6. The molecule has 0 rings (SSSR count). The maximum absolute atomic E-state index is 12.6. The van der Waals surface area contributed by atoms with Crippen LogP contribution in [-0.4, -0.2) is 59.9 Å². The van der Waals surface area contributed by atoms with Crippen LogP contribution in [0.3, 0.4) is 0 Å². The van der Waals surface area contributed by atoms with Crippen LogP contribution in [0.1, 0.15) is 194 Å². The first-order chi connectivity index (χ1) is 24.1. The minimum atomic E-state index is -4.70. The van der Waals surface area contributed by atoms with Gasteiger partial charge >= 0.3 is 25.7 Å². The first kappa shape index (κ1) is 48.5. The summed E-state index contributed by atoms with van der Waals surface area (Å²) in [5.41, 5.74) is 5.32. The third kappa shape index (κ3) is 33.6. The van der Waals surface area contributed by atoms with Gasteiger partial charge in [-0.05, 0) is 12.8 Å². The van der Waals surface area contributed by atoms with Crippen LogP contribution in [0.4, 0.5) is 0 Å². The summed E-state index contributed by atoms with van der Waals surface area (Å²) in [6.45, 7) is 2.81. The van der Waals surface area contributed by atoms with Crippen LogP contribution in [0, 0.1) is 0 Å². The van der Waals surface area contributed by atoms with Gasteiger partial charge in [0.05, 0.1) is 13.2 Å². The molecule has 0 saturated heterocycles. The summed E-state index contributed by atoms with van der Waals surface area (Å²) >= 11 is 0. The summed E-state index contributed by atoms with van der Waals surface area (Å²) in [7, 11) is -4.70. The SMILES string of the molecule is CCCCCCCCCCCCCCCC(=O)OCC(COP(=O)(O)OC[C@@H](N)C(=O)O)OC(=O)CCCCCCCCCCCCCCC. The van der Waals surface area contributed by atoms with E-state index in [1.807, 2.05) is 0 Å². The molecule has 4 N–H and O–H groups in total. The fraction of sp³-hybridized carbons (Fsp3) is 0.921. The Hall–Kier alpha value is -1.52. The van der Waals surface area contributed by atoms with Gasteiger partial charge in [0.2, 0.25) is 0 Å². The number of phosphoric ester groups is 1. The molecule has 0 radical (unpaired) electrons. The number of phosphoric acid groups is 1. The lowest BCUT2D eigenvalue weighted by Gasteiger charge is -2.20. The van der Waals surface area contributed by atoms with Gasteiger partial charge in [0, 0.05) is 12.8 Å². The van der Waals surface area contributed by atoms with Crippen molar-refractivity contribution in [2.45, 2.75) is 206 Å². The fourth-order valence-corrected chi connectivity index (χ4v) is 6.43. The molecule has 0 saturated carbocycles. The van der Waals surface area contributed by atoms with E-state index in [0.29, 0.717) is 12.8 Å². The van der Waals surface area contributed by atoms with Gasteiger partial charge in [0.1, 0.15) is 12.6 Å². The number of nitrogens with two attached hydrogens (primary N) is 1. The lowest BCUT2D eigenvalue weighted by Crippen LogP contribution is -2.34. The normalized spacial score (nSPS) is 13.8. The average Bonchev–Trinajstić information content (AvgIpc) is 3.09. The van der Waals surface area contributed by atoms with E-state index in [1.54, 1.807) is 0 Å². The Morgan fingerprint density at radius 3 is 1.26 bits per heavy atom. The zero-order chi connectivity index (χ0) is 37.1. The van der Waals surface area contributed by atoms with Crippen LogP contribution in [0.15, 0.2) is 0 Å². The number of aliphatic carboxylic acids is 1. The molecule has 0 aromatic carbocycles. The van der Waals surface area contributed by atoms with Crippen LogP contribution in [0.25, 0.3) is 0 Å². The van der Waals surface area contributed by atoms with E-state index in [-0.39, 0.29) is 19.4 Å². The first-order valence-electron chi connectivity index (χ1n) is 20.1. The second kappa shape index (κ2) is 34.6. The first-order valence-corrected chi connectivity index (χ1v) is 21.6. The molecule has 0 aliphatic carbocycles. The van der Waals surface area contributed by atoms with Crippen molar-refractivity contribution in [1.82, 2.24) is 0 Å². The molecule has 0 bridgehead atoms. The number of hydrogen-bond donors (Lipinski definition) is 3. The number of unbranched alkanes of at least 4 members (excludes halogenated alkanes) is 24. The van der Waals surface area contributed by atoms with Gasteiger partial charge in [-0.3, -0.25) is 23.4 Å². The Labute approximate surface area is 304 Å². The minimum absolute atomic E-state index is 0.169. The second-order valence-electron chi connectivity index (χ2n) is 13.8. The number of carbonyl (C=O) groups is 3. The lowest BCUT2D eigenvalue weighted by atomic mass is 10.0. The fourth-order valence-electron chi connectivity index (χ4n) is 5.65. The number of carboxylic acids is 1. The monoisotopic (exact) mass is 736 g/mol. The minimum Gasteiger partial charge on any atom is -0.480 e. The molecule has 11 nitrogen and oxygen atoms in total. The third-order valence-corrected chi connectivity index (χ3v) is 9.81. The highest BCUT2D eigenvalue weighted by Crippen LogP contribution is 2.43. The van der Waals surface area contributed by atoms with E-state index in [0.717, 1.165) is 38.5 Å². The molecule has 0 spiro atoms. The van der Waals surface area contributed by atoms with Crippen molar-refractivity contribution in [1.29, 1.82) is 0 Å². The summed E-state index contributed by atoms with van der Waals surface area (Å²) in [5, 5.41) is 8.86. The van der Waals surface area contributed by atoms with Crippen molar-refractivity contribution in [2.24, 2.45) is 5.73 Å². The predicted octanol–water partition coefficient (Wildman–Crippen LogP) is 9.95. The Balaban J connectivity index is 4.38. The third-order valence-electron chi connectivity index (χ3n) is 8.86. The molecule has 3 atom stereocenters. The number of hydrogen-bond acceptors (Lipinski definition) is 9.